The molecule has 0 aromatic heterocycles. The van der Waals surface area contributed by atoms with E-state index in [4.69, 9.17) is 4.74 Å². The lowest BCUT2D eigenvalue weighted by molar-refractivity contribution is -0.133. The van der Waals surface area contributed by atoms with Crippen LogP contribution in [0.1, 0.15) is 26.2 Å². The molecule has 0 bridgehead atoms. The number of carbonyl (C=O) groups excluding carboxylic acids is 1. The van der Waals surface area contributed by atoms with Crippen LogP contribution in [0, 0.1) is 16.7 Å². The predicted octanol–water partition coefficient (Wildman–Crippen LogP) is 0.763. The monoisotopic (exact) mass is 253 g/mol. The highest BCUT2D eigenvalue weighted by Gasteiger charge is 2.40. The third-order valence-corrected chi connectivity index (χ3v) is 3.38. The predicted molar refractivity (Wildman–Crippen MR) is 68.9 cm³/mol. The number of hydrogen-bond donors (Lipinski definition) is 1. The van der Waals surface area contributed by atoms with Crippen molar-refractivity contribution in [3.63, 3.8) is 0 Å². The molecule has 0 aromatic carbocycles. The summed E-state index contributed by atoms with van der Waals surface area (Å²) in [7, 11) is 4.01. The summed E-state index contributed by atoms with van der Waals surface area (Å²) in [4.78, 5) is 14.3. The minimum Gasteiger partial charge on any atom is -0.381 e. The van der Waals surface area contributed by atoms with Gasteiger partial charge in [0.25, 0.3) is 0 Å². The molecular weight excluding hydrogens is 230 g/mol. The zero-order chi connectivity index (χ0) is 13.6. The molecule has 1 heterocycles. The quantitative estimate of drug-likeness (QED) is 0.785. The molecule has 1 rings (SSSR count). The van der Waals surface area contributed by atoms with Crippen molar-refractivity contribution in [2.75, 3.05) is 33.9 Å². The molecule has 1 aliphatic heterocycles. The summed E-state index contributed by atoms with van der Waals surface area (Å²) < 4.78 is 5.22. The van der Waals surface area contributed by atoms with E-state index in [1.807, 2.05) is 21.0 Å². The largest absolute Gasteiger partial charge is 0.381 e. The van der Waals surface area contributed by atoms with Crippen molar-refractivity contribution < 1.29 is 9.53 Å². The van der Waals surface area contributed by atoms with Gasteiger partial charge in [0.2, 0.25) is 5.91 Å². The van der Waals surface area contributed by atoms with E-state index in [9.17, 15) is 10.1 Å². The molecule has 1 amide bonds. The van der Waals surface area contributed by atoms with Crippen molar-refractivity contribution in [3.8, 4) is 6.07 Å². The Hall–Kier alpha value is -1.12. The van der Waals surface area contributed by atoms with Gasteiger partial charge >= 0.3 is 0 Å². The molecule has 1 saturated heterocycles. The van der Waals surface area contributed by atoms with E-state index >= 15 is 0 Å². The van der Waals surface area contributed by atoms with Crippen LogP contribution in [0.4, 0.5) is 0 Å². The van der Waals surface area contributed by atoms with Crippen molar-refractivity contribution in [1.29, 1.82) is 5.26 Å². The van der Waals surface area contributed by atoms with Gasteiger partial charge in [0.1, 0.15) is 5.41 Å². The first-order valence-electron chi connectivity index (χ1n) is 6.45. The second-order valence-electron chi connectivity index (χ2n) is 5.27. The number of carbonyl (C=O) groups is 1. The molecular formula is C13H23N3O2. The van der Waals surface area contributed by atoms with E-state index in [1.165, 1.54) is 0 Å². The van der Waals surface area contributed by atoms with E-state index in [1.54, 1.807) is 0 Å². The fourth-order valence-electron chi connectivity index (χ4n) is 2.00. The minimum absolute atomic E-state index is 0.0907. The van der Waals surface area contributed by atoms with Gasteiger partial charge in [0.05, 0.1) is 6.07 Å². The molecule has 0 radical (unpaired) electrons. The third-order valence-electron chi connectivity index (χ3n) is 3.38. The Labute approximate surface area is 109 Å². The maximum absolute atomic E-state index is 12.2. The number of nitriles is 1. The average Bonchev–Trinajstić information content (AvgIpc) is 2.37. The molecule has 5 heteroatoms. The second kappa shape index (κ2) is 6.72. The summed E-state index contributed by atoms with van der Waals surface area (Å²) in [5.74, 6) is -0.139. The van der Waals surface area contributed by atoms with Gasteiger partial charge in [-0.3, -0.25) is 4.79 Å². The Kier molecular flexibility index (Phi) is 5.57. The molecule has 102 valence electrons. The molecule has 1 atom stereocenters. The van der Waals surface area contributed by atoms with Crippen LogP contribution in [0.5, 0.6) is 0 Å². The van der Waals surface area contributed by atoms with Gasteiger partial charge in [-0.15, -0.1) is 0 Å². The summed E-state index contributed by atoms with van der Waals surface area (Å²) in [5.41, 5.74) is -0.884. The minimum atomic E-state index is -0.884. The van der Waals surface area contributed by atoms with E-state index in [-0.39, 0.29) is 11.9 Å². The number of ether oxygens (including phenoxy) is 1. The van der Waals surface area contributed by atoms with Crippen LogP contribution in [0.2, 0.25) is 0 Å². The van der Waals surface area contributed by atoms with E-state index in [0.29, 0.717) is 26.1 Å². The summed E-state index contributed by atoms with van der Waals surface area (Å²) in [6.07, 6.45) is 1.88. The molecule has 5 nitrogen and oxygen atoms in total. The Bertz CT molecular complexity index is 317. The van der Waals surface area contributed by atoms with Crippen LogP contribution in [-0.2, 0) is 9.53 Å². The van der Waals surface area contributed by atoms with Crippen LogP contribution in [0.25, 0.3) is 0 Å². The van der Waals surface area contributed by atoms with Crippen LogP contribution in [-0.4, -0.2) is 50.7 Å². The Balaban J connectivity index is 2.50. The second-order valence-corrected chi connectivity index (χ2v) is 5.27. The topological polar surface area (TPSA) is 65.4 Å². The van der Waals surface area contributed by atoms with Crippen molar-refractivity contribution in [2.24, 2.45) is 5.41 Å². The molecule has 0 aromatic rings. The molecule has 0 spiro atoms. The molecule has 1 fully saturated rings. The Morgan fingerprint density at radius 1 is 1.50 bits per heavy atom. The number of hydrogen-bond acceptors (Lipinski definition) is 4. The van der Waals surface area contributed by atoms with Crippen LogP contribution in [0.3, 0.4) is 0 Å². The van der Waals surface area contributed by atoms with Crippen molar-refractivity contribution in [3.05, 3.63) is 0 Å². The van der Waals surface area contributed by atoms with Gasteiger partial charge in [-0.1, -0.05) is 0 Å². The standard InChI is InChI=1S/C13H23N3O2/c1-11(4-7-16(2)3)15-12(17)13(10-14)5-8-18-9-6-13/h11H,4-9H2,1-3H3,(H,15,17). The summed E-state index contributed by atoms with van der Waals surface area (Å²) in [6.45, 7) is 3.88. The summed E-state index contributed by atoms with van der Waals surface area (Å²) in [6, 6.07) is 2.28. The van der Waals surface area contributed by atoms with E-state index < -0.39 is 5.41 Å². The lowest BCUT2D eigenvalue weighted by atomic mass is 9.80. The van der Waals surface area contributed by atoms with Crippen molar-refractivity contribution >= 4 is 5.91 Å². The fraction of sp³-hybridized carbons (Fsp3) is 0.846. The van der Waals surface area contributed by atoms with Gasteiger partial charge in [0.15, 0.2) is 0 Å². The van der Waals surface area contributed by atoms with Gasteiger partial charge in [-0.05, 0) is 46.8 Å². The van der Waals surface area contributed by atoms with Gasteiger partial charge in [0, 0.05) is 19.3 Å². The smallest absolute Gasteiger partial charge is 0.240 e. The molecule has 1 aliphatic rings. The van der Waals surface area contributed by atoms with Gasteiger partial charge in [-0.25, -0.2) is 0 Å². The lowest BCUT2D eigenvalue weighted by Gasteiger charge is -2.30. The van der Waals surface area contributed by atoms with Gasteiger partial charge in [-0.2, -0.15) is 5.26 Å². The molecule has 1 N–H and O–H groups in total. The summed E-state index contributed by atoms with van der Waals surface area (Å²) >= 11 is 0. The summed E-state index contributed by atoms with van der Waals surface area (Å²) in [5, 5.41) is 12.2. The maximum atomic E-state index is 12.2. The first kappa shape index (κ1) is 14.9. The van der Waals surface area contributed by atoms with Crippen molar-refractivity contribution in [1.82, 2.24) is 10.2 Å². The highest BCUT2D eigenvalue weighted by Crippen LogP contribution is 2.30. The number of amides is 1. The highest BCUT2D eigenvalue weighted by atomic mass is 16.5. The number of nitrogens with one attached hydrogen (secondary N) is 1. The SMILES string of the molecule is CC(CCN(C)C)NC(=O)C1(C#N)CCOCC1. The maximum Gasteiger partial charge on any atom is 0.240 e. The van der Waals surface area contributed by atoms with Crippen molar-refractivity contribution in [2.45, 2.75) is 32.2 Å². The van der Waals surface area contributed by atoms with E-state index in [0.717, 1.165) is 13.0 Å². The van der Waals surface area contributed by atoms with Crippen LogP contribution >= 0.6 is 0 Å². The first-order valence-corrected chi connectivity index (χ1v) is 6.45. The van der Waals surface area contributed by atoms with Crippen LogP contribution in [0.15, 0.2) is 0 Å². The highest BCUT2D eigenvalue weighted by molar-refractivity contribution is 5.85. The third kappa shape index (κ3) is 3.97. The lowest BCUT2D eigenvalue weighted by Crippen LogP contribution is -2.47. The Morgan fingerprint density at radius 2 is 2.11 bits per heavy atom. The fourth-order valence-corrected chi connectivity index (χ4v) is 2.00. The average molecular weight is 253 g/mol. The molecule has 18 heavy (non-hydrogen) atoms. The molecule has 1 unspecified atom stereocenters. The van der Waals surface area contributed by atoms with Crippen LogP contribution < -0.4 is 5.32 Å². The normalized spacial score (nSPS) is 20.2. The first-order chi connectivity index (χ1) is 8.50. The zero-order valence-corrected chi connectivity index (χ0v) is 11.5. The molecule has 0 aliphatic carbocycles. The van der Waals surface area contributed by atoms with E-state index in [2.05, 4.69) is 16.3 Å². The zero-order valence-electron chi connectivity index (χ0n) is 11.5. The number of nitrogens with zero attached hydrogens (tertiary/aromatic N) is 2. The number of rotatable bonds is 5. The Morgan fingerprint density at radius 3 is 2.61 bits per heavy atom. The molecule has 0 saturated carbocycles. The van der Waals surface area contributed by atoms with Gasteiger partial charge < -0.3 is 15.0 Å².